The van der Waals surface area contributed by atoms with Gasteiger partial charge in [-0.2, -0.15) is 0 Å². The summed E-state index contributed by atoms with van der Waals surface area (Å²) in [5, 5.41) is 5.98. The summed E-state index contributed by atoms with van der Waals surface area (Å²) >= 11 is 0. The van der Waals surface area contributed by atoms with Crippen molar-refractivity contribution in [2.75, 3.05) is 50.8 Å². The maximum atomic E-state index is 13.0. The largest absolute Gasteiger partial charge is 0.378 e. The van der Waals surface area contributed by atoms with Gasteiger partial charge in [-0.3, -0.25) is 14.4 Å². The fraction of sp³-hybridized carbons (Fsp3) is 0.464. The number of rotatable bonds is 5. The van der Waals surface area contributed by atoms with Gasteiger partial charge in [-0.15, -0.1) is 0 Å². The molecule has 0 bridgehead atoms. The normalized spacial score (nSPS) is 19.7. The van der Waals surface area contributed by atoms with Gasteiger partial charge in [0.2, 0.25) is 11.8 Å². The van der Waals surface area contributed by atoms with Crippen LogP contribution in [0.3, 0.4) is 0 Å². The van der Waals surface area contributed by atoms with Gasteiger partial charge in [-0.05, 0) is 49.1 Å². The van der Waals surface area contributed by atoms with E-state index in [9.17, 15) is 14.4 Å². The van der Waals surface area contributed by atoms with Gasteiger partial charge in [0.25, 0.3) is 5.91 Å². The lowest BCUT2D eigenvalue weighted by atomic mass is 9.97. The van der Waals surface area contributed by atoms with Gasteiger partial charge in [-0.25, -0.2) is 0 Å². The lowest BCUT2D eigenvalue weighted by Crippen LogP contribution is -2.36. The third kappa shape index (κ3) is 7.31. The molecule has 2 aromatic carbocycles. The van der Waals surface area contributed by atoms with Crippen LogP contribution >= 0.6 is 0 Å². The highest BCUT2D eigenvalue weighted by Crippen LogP contribution is 2.18. The first-order valence-electron chi connectivity index (χ1n) is 12.9. The first-order valence-corrected chi connectivity index (χ1v) is 12.9. The van der Waals surface area contributed by atoms with E-state index in [1.807, 2.05) is 18.2 Å². The molecule has 2 saturated heterocycles. The van der Waals surface area contributed by atoms with E-state index in [1.165, 1.54) is 5.69 Å². The van der Waals surface area contributed by atoms with Crippen LogP contribution < -0.4 is 15.5 Å². The highest BCUT2D eigenvalue weighted by Gasteiger charge is 2.22. The minimum absolute atomic E-state index is 0.0123. The SMILES string of the molecule is O=C1CCN(C(=O)c2ccccc2)CCCC(C(=O)NCc2ccc(N3CCOCC3)cc2)CCN1. The first kappa shape index (κ1) is 25.7. The Morgan fingerprint density at radius 1 is 0.944 bits per heavy atom. The van der Waals surface area contributed by atoms with Crippen LogP contribution in [0.5, 0.6) is 0 Å². The number of amides is 3. The van der Waals surface area contributed by atoms with Crippen molar-refractivity contribution in [2.45, 2.75) is 32.2 Å². The van der Waals surface area contributed by atoms with E-state index in [0.29, 0.717) is 51.0 Å². The Balaban J connectivity index is 1.31. The average molecular weight is 493 g/mol. The molecule has 2 aromatic rings. The molecule has 8 nitrogen and oxygen atoms in total. The van der Waals surface area contributed by atoms with Gasteiger partial charge in [0.05, 0.1) is 13.2 Å². The minimum Gasteiger partial charge on any atom is -0.378 e. The molecule has 1 atom stereocenters. The number of hydrogen-bond donors (Lipinski definition) is 2. The number of ether oxygens (including phenoxy) is 1. The summed E-state index contributed by atoms with van der Waals surface area (Å²) in [6.45, 7) is 5.09. The molecule has 1 unspecified atom stereocenters. The van der Waals surface area contributed by atoms with E-state index >= 15 is 0 Å². The molecule has 3 amide bonds. The van der Waals surface area contributed by atoms with Crippen molar-refractivity contribution in [3.8, 4) is 0 Å². The van der Waals surface area contributed by atoms with Gasteiger partial charge in [0, 0.05) is 62.9 Å². The number of benzene rings is 2. The quantitative estimate of drug-likeness (QED) is 0.670. The molecule has 0 aromatic heterocycles. The molecule has 2 aliphatic heterocycles. The number of anilines is 1. The summed E-state index contributed by atoms with van der Waals surface area (Å²) < 4.78 is 5.42. The second kappa shape index (κ2) is 13.1. The van der Waals surface area contributed by atoms with Crippen molar-refractivity contribution in [1.82, 2.24) is 15.5 Å². The Bertz CT molecular complexity index is 1010. The average Bonchev–Trinajstić information content (AvgIpc) is 2.97. The monoisotopic (exact) mass is 492 g/mol. The van der Waals surface area contributed by atoms with Crippen molar-refractivity contribution in [3.63, 3.8) is 0 Å². The molecule has 2 fully saturated rings. The van der Waals surface area contributed by atoms with E-state index in [1.54, 1.807) is 17.0 Å². The number of nitrogens with one attached hydrogen (secondary N) is 2. The van der Waals surface area contributed by atoms with Crippen LogP contribution in [0, 0.1) is 5.92 Å². The molecule has 0 radical (unpaired) electrons. The predicted octanol–water partition coefficient (Wildman–Crippen LogP) is 2.59. The molecule has 0 aliphatic carbocycles. The summed E-state index contributed by atoms with van der Waals surface area (Å²) in [6, 6.07) is 17.4. The van der Waals surface area contributed by atoms with Crippen molar-refractivity contribution in [2.24, 2.45) is 5.92 Å². The Labute approximate surface area is 213 Å². The van der Waals surface area contributed by atoms with Crippen LogP contribution in [0.1, 0.15) is 41.6 Å². The van der Waals surface area contributed by atoms with E-state index in [2.05, 4.69) is 39.8 Å². The van der Waals surface area contributed by atoms with Gasteiger partial charge in [-0.1, -0.05) is 30.3 Å². The minimum atomic E-state index is -0.218. The predicted molar refractivity (Wildman–Crippen MR) is 139 cm³/mol. The fourth-order valence-corrected chi connectivity index (χ4v) is 4.70. The summed E-state index contributed by atoms with van der Waals surface area (Å²) in [5.74, 6) is -0.405. The number of hydrogen-bond acceptors (Lipinski definition) is 5. The second-order valence-corrected chi connectivity index (χ2v) is 9.37. The fourth-order valence-electron chi connectivity index (χ4n) is 4.70. The maximum absolute atomic E-state index is 13.0. The Kier molecular flexibility index (Phi) is 9.33. The summed E-state index contributed by atoms with van der Waals surface area (Å²) in [7, 11) is 0. The number of morpholine rings is 1. The van der Waals surface area contributed by atoms with Crippen molar-refractivity contribution >= 4 is 23.4 Å². The molecule has 2 heterocycles. The third-order valence-corrected chi connectivity index (χ3v) is 6.86. The molecule has 36 heavy (non-hydrogen) atoms. The Morgan fingerprint density at radius 3 is 2.44 bits per heavy atom. The Morgan fingerprint density at radius 2 is 1.69 bits per heavy atom. The summed E-state index contributed by atoms with van der Waals surface area (Å²) in [5.41, 5.74) is 2.83. The topological polar surface area (TPSA) is 91.0 Å². The number of carbonyl (C=O) groups excluding carboxylic acids is 3. The Hall–Kier alpha value is -3.39. The molecule has 0 spiro atoms. The van der Waals surface area contributed by atoms with Gasteiger partial charge >= 0.3 is 0 Å². The molecule has 2 N–H and O–H groups in total. The molecular weight excluding hydrogens is 456 g/mol. The van der Waals surface area contributed by atoms with Crippen molar-refractivity contribution < 1.29 is 19.1 Å². The first-order chi connectivity index (χ1) is 17.6. The van der Waals surface area contributed by atoms with Gasteiger partial charge in [0.15, 0.2) is 0 Å². The molecule has 2 aliphatic rings. The van der Waals surface area contributed by atoms with Crippen LogP contribution in [0.25, 0.3) is 0 Å². The zero-order valence-corrected chi connectivity index (χ0v) is 20.8. The molecule has 4 rings (SSSR count). The van der Waals surface area contributed by atoms with Crippen molar-refractivity contribution in [3.05, 3.63) is 65.7 Å². The van der Waals surface area contributed by atoms with E-state index in [0.717, 1.165) is 31.9 Å². The lowest BCUT2D eigenvalue weighted by molar-refractivity contribution is -0.126. The van der Waals surface area contributed by atoms with E-state index in [4.69, 9.17) is 4.74 Å². The van der Waals surface area contributed by atoms with Crippen LogP contribution in [-0.4, -0.2) is 68.6 Å². The molecule has 8 heteroatoms. The van der Waals surface area contributed by atoms with Crippen LogP contribution in [-0.2, 0) is 20.9 Å². The highest BCUT2D eigenvalue weighted by atomic mass is 16.5. The highest BCUT2D eigenvalue weighted by molar-refractivity contribution is 5.94. The van der Waals surface area contributed by atoms with Crippen LogP contribution in [0.15, 0.2) is 54.6 Å². The van der Waals surface area contributed by atoms with Gasteiger partial charge in [0.1, 0.15) is 0 Å². The second-order valence-electron chi connectivity index (χ2n) is 9.37. The van der Waals surface area contributed by atoms with E-state index < -0.39 is 0 Å². The zero-order chi connectivity index (χ0) is 25.2. The summed E-state index contributed by atoms with van der Waals surface area (Å²) in [6.07, 6.45) is 2.21. The number of nitrogens with zero attached hydrogens (tertiary/aromatic N) is 2. The summed E-state index contributed by atoms with van der Waals surface area (Å²) in [4.78, 5) is 42.3. The zero-order valence-electron chi connectivity index (χ0n) is 20.8. The molecule has 0 saturated carbocycles. The van der Waals surface area contributed by atoms with Crippen molar-refractivity contribution in [1.29, 1.82) is 0 Å². The van der Waals surface area contributed by atoms with Crippen LogP contribution in [0.4, 0.5) is 5.69 Å². The van der Waals surface area contributed by atoms with Crippen LogP contribution in [0.2, 0.25) is 0 Å². The lowest BCUT2D eigenvalue weighted by Gasteiger charge is -2.29. The molecular formula is C28H36N4O4. The maximum Gasteiger partial charge on any atom is 0.253 e. The number of carbonyl (C=O) groups is 3. The third-order valence-electron chi connectivity index (χ3n) is 6.86. The standard InChI is InChI=1S/C28H36N4O4/c33-26-13-16-32(28(35)24-5-2-1-3-6-24)15-4-7-23(12-14-29-26)27(34)30-21-22-8-10-25(11-9-22)31-17-19-36-20-18-31/h1-3,5-6,8-11,23H,4,7,12-21H2,(H,29,33)(H,30,34). The van der Waals surface area contributed by atoms with E-state index in [-0.39, 0.29) is 30.1 Å². The molecule has 192 valence electrons. The smallest absolute Gasteiger partial charge is 0.253 e. The van der Waals surface area contributed by atoms with Gasteiger partial charge < -0.3 is 25.2 Å².